The van der Waals surface area contributed by atoms with Gasteiger partial charge in [-0.3, -0.25) is 14.9 Å². The lowest BCUT2D eigenvalue weighted by molar-refractivity contribution is -0.384. The second-order valence-electron chi connectivity index (χ2n) is 5.94. The summed E-state index contributed by atoms with van der Waals surface area (Å²) in [6, 6.07) is 8.13. The van der Waals surface area contributed by atoms with Crippen LogP contribution < -0.4 is 4.90 Å². The van der Waals surface area contributed by atoms with Gasteiger partial charge in [-0.15, -0.1) is 0 Å². The maximum Gasteiger partial charge on any atom is 0.293 e. The highest BCUT2D eigenvalue weighted by molar-refractivity contribution is 5.75. The molecule has 2 heterocycles. The third kappa shape index (κ3) is 3.16. The Morgan fingerprint density at radius 3 is 2.50 bits per heavy atom. The summed E-state index contributed by atoms with van der Waals surface area (Å²) in [5, 5.41) is 11.5. The molecule has 0 saturated carbocycles. The van der Waals surface area contributed by atoms with Crippen LogP contribution in [-0.2, 0) is 4.74 Å². The van der Waals surface area contributed by atoms with Crippen molar-refractivity contribution in [3.8, 4) is 11.3 Å². The Kier molecular flexibility index (Phi) is 4.35. The Morgan fingerprint density at radius 1 is 1.21 bits per heavy atom. The van der Waals surface area contributed by atoms with Crippen LogP contribution in [0.5, 0.6) is 0 Å². The minimum atomic E-state index is -0.396. The zero-order chi connectivity index (χ0) is 17.3. The second kappa shape index (κ2) is 6.45. The van der Waals surface area contributed by atoms with Gasteiger partial charge in [-0.1, -0.05) is 0 Å². The predicted octanol–water partition coefficient (Wildman–Crippen LogP) is 3.28. The third-order valence-corrected chi connectivity index (χ3v) is 3.96. The van der Waals surface area contributed by atoms with Crippen molar-refractivity contribution < 1.29 is 18.9 Å². The maximum atomic E-state index is 11.5. The zero-order valence-corrected chi connectivity index (χ0v) is 13.5. The van der Waals surface area contributed by atoms with Crippen LogP contribution in [0, 0.1) is 10.1 Å². The van der Waals surface area contributed by atoms with Crippen molar-refractivity contribution in [1.29, 1.82) is 0 Å². The summed E-state index contributed by atoms with van der Waals surface area (Å²) in [7, 11) is 0. The number of furan rings is 1. The Bertz CT molecular complexity index is 760. The van der Waals surface area contributed by atoms with Crippen LogP contribution in [0.1, 0.15) is 24.4 Å². The SMILES string of the molecule is CC1CN(c2ccc(-c3ccc(C=O)o3)cc2[N+](=O)[O-])CC(C)O1. The van der Waals surface area contributed by atoms with E-state index >= 15 is 0 Å². The Hall–Kier alpha value is -2.67. The number of ether oxygens (including phenoxy) is 1. The zero-order valence-electron chi connectivity index (χ0n) is 13.5. The molecule has 0 bridgehead atoms. The highest BCUT2D eigenvalue weighted by Gasteiger charge is 2.28. The number of aldehydes is 1. The van der Waals surface area contributed by atoms with Crippen molar-refractivity contribution in [2.24, 2.45) is 0 Å². The smallest absolute Gasteiger partial charge is 0.293 e. The van der Waals surface area contributed by atoms with E-state index in [1.807, 2.05) is 18.7 Å². The maximum absolute atomic E-state index is 11.5. The van der Waals surface area contributed by atoms with E-state index in [1.165, 1.54) is 12.1 Å². The first-order chi connectivity index (χ1) is 11.5. The van der Waals surface area contributed by atoms with Crippen molar-refractivity contribution >= 4 is 17.7 Å². The van der Waals surface area contributed by atoms with Gasteiger partial charge in [0.2, 0.25) is 0 Å². The number of anilines is 1. The molecule has 1 aliphatic heterocycles. The van der Waals surface area contributed by atoms with E-state index in [4.69, 9.17) is 9.15 Å². The van der Waals surface area contributed by atoms with Crippen molar-refractivity contribution in [2.45, 2.75) is 26.1 Å². The van der Waals surface area contributed by atoms with Crippen LogP contribution >= 0.6 is 0 Å². The number of rotatable bonds is 4. The van der Waals surface area contributed by atoms with Gasteiger partial charge in [-0.05, 0) is 38.1 Å². The molecule has 0 spiro atoms. The molecular weight excluding hydrogens is 312 g/mol. The number of hydrogen-bond donors (Lipinski definition) is 0. The molecule has 2 aromatic rings. The Morgan fingerprint density at radius 2 is 1.92 bits per heavy atom. The van der Waals surface area contributed by atoms with Crippen LogP contribution in [0.3, 0.4) is 0 Å². The lowest BCUT2D eigenvalue weighted by atomic mass is 10.1. The standard InChI is InChI=1S/C17H18N2O5/c1-11-8-18(9-12(2)23-11)15-5-3-13(7-16(15)19(21)22)17-6-4-14(10-20)24-17/h3-7,10-12H,8-9H2,1-2H3. The summed E-state index contributed by atoms with van der Waals surface area (Å²) in [4.78, 5) is 23.8. The topological polar surface area (TPSA) is 85.8 Å². The van der Waals surface area contributed by atoms with Crippen LogP contribution in [0.15, 0.2) is 34.7 Å². The van der Waals surface area contributed by atoms with Gasteiger partial charge in [0.05, 0.1) is 17.1 Å². The molecule has 0 radical (unpaired) electrons. The molecule has 7 heteroatoms. The number of carbonyl (C=O) groups is 1. The number of morpholine rings is 1. The summed E-state index contributed by atoms with van der Waals surface area (Å²) in [5.74, 6) is 0.614. The highest BCUT2D eigenvalue weighted by atomic mass is 16.6. The fourth-order valence-electron chi connectivity index (χ4n) is 3.04. The van der Waals surface area contributed by atoms with E-state index in [2.05, 4.69) is 0 Å². The van der Waals surface area contributed by atoms with Gasteiger partial charge in [0, 0.05) is 24.7 Å². The molecule has 24 heavy (non-hydrogen) atoms. The number of nitrogens with zero attached hydrogens (tertiary/aromatic N) is 2. The van der Waals surface area contributed by atoms with Crippen molar-refractivity contribution in [3.63, 3.8) is 0 Å². The summed E-state index contributed by atoms with van der Waals surface area (Å²) in [5.41, 5.74) is 1.14. The Balaban J connectivity index is 1.98. The first-order valence-electron chi connectivity index (χ1n) is 7.72. The molecule has 2 atom stereocenters. The minimum absolute atomic E-state index is 0.00764. The van der Waals surface area contributed by atoms with Gasteiger partial charge >= 0.3 is 0 Å². The van der Waals surface area contributed by atoms with Gasteiger partial charge in [0.25, 0.3) is 5.69 Å². The van der Waals surface area contributed by atoms with Crippen LogP contribution in [0.4, 0.5) is 11.4 Å². The van der Waals surface area contributed by atoms with Gasteiger partial charge in [0.15, 0.2) is 12.0 Å². The molecule has 3 rings (SSSR count). The third-order valence-electron chi connectivity index (χ3n) is 3.96. The van der Waals surface area contributed by atoms with E-state index in [0.29, 0.717) is 36.4 Å². The normalized spacial score (nSPS) is 20.8. The largest absolute Gasteiger partial charge is 0.453 e. The lowest BCUT2D eigenvalue weighted by Gasteiger charge is -2.36. The number of hydrogen-bond acceptors (Lipinski definition) is 6. The lowest BCUT2D eigenvalue weighted by Crippen LogP contribution is -2.45. The first kappa shape index (κ1) is 16.2. The summed E-state index contributed by atoms with van der Waals surface area (Å²) >= 11 is 0. The van der Waals surface area contributed by atoms with Crippen molar-refractivity contribution in [2.75, 3.05) is 18.0 Å². The molecule has 7 nitrogen and oxygen atoms in total. The molecule has 0 amide bonds. The summed E-state index contributed by atoms with van der Waals surface area (Å²) < 4.78 is 11.0. The molecule has 1 fully saturated rings. The molecular formula is C17H18N2O5. The monoisotopic (exact) mass is 330 g/mol. The fourth-order valence-corrected chi connectivity index (χ4v) is 3.04. The molecule has 0 aliphatic carbocycles. The predicted molar refractivity (Wildman–Crippen MR) is 88.4 cm³/mol. The number of carbonyl (C=O) groups excluding carboxylic acids is 1. The average Bonchev–Trinajstić information content (AvgIpc) is 3.02. The van der Waals surface area contributed by atoms with Crippen molar-refractivity contribution in [1.82, 2.24) is 0 Å². The molecule has 2 unspecified atom stereocenters. The van der Waals surface area contributed by atoms with Gasteiger partial charge in [0.1, 0.15) is 11.4 Å². The van der Waals surface area contributed by atoms with E-state index in [0.717, 1.165) is 0 Å². The minimum Gasteiger partial charge on any atom is -0.453 e. The van der Waals surface area contributed by atoms with Gasteiger partial charge in [-0.2, -0.15) is 0 Å². The van der Waals surface area contributed by atoms with E-state index in [1.54, 1.807) is 18.2 Å². The molecule has 1 aromatic heterocycles. The Labute approximate surface area is 139 Å². The van der Waals surface area contributed by atoms with Crippen LogP contribution in [-0.4, -0.2) is 36.5 Å². The molecule has 0 N–H and O–H groups in total. The van der Waals surface area contributed by atoms with Crippen LogP contribution in [0.2, 0.25) is 0 Å². The van der Waals surface area contributed by atoms with E-state index < -0.39 is 4.92 Å². The molecule has 1 aliphatic rings. The van der Waals surface area contributed by atoms with E-state index in [9.17, 15) is 14.9 Å². The molecule has 1 saturated heterocycles. The number of nitro benzene ring substituents is 1. The number of nitro groups is 1. The molecule has 126 valence electrons. The van der Waals surface area contributed by atoms with E-state index in [-0.39, 0.29) is 23.7 Å². The van der Waals surface area contributed by atoms with Gasteiger partial charge < -0.3 is 14.1 Å². The average molecular weight is 330 g/mol. The fraction of sp³-hybridized carbons (Fsp3) is 0.353. The van der Waals surface area contributed by atoms with Gasteiger partial charge in [-0.25, -0.2) is 0 Å². The second-order valence-corrected chi connectivity index (χ2v) is 5.94. The summed E-state index contributed by atoms with van der Waals surface area (Å²) in [6.45, 7) is 5.10. The summed E-state index contributed by atoms with van der Waals surface area (Å²) in [6.07, 6.45) is 0.615. The van der Waals surface area contributed by atoms with Crippen LogP contribution in [0.25, 0.3) is 11.3 Å². The quantitative estimate of drug-likeness (QED) is 0.486. The van der Waals surface area contributed by atoms with Crippen molar-refractivity contribution in [3.05, 3.63) is 46.2 Å². The molecule has 1 aromatic carbocycles. The highest BCUT2D eigenvalue weighted by Crippen LogP contribution is 2.35. The number of benzene rings is 1. The first-order valence-corrected chi connectivity index (χ1v) is 7.72.